The number of hydrogen-bond acceptors (Lipinski definition) is 3. The van der Waals surface area contributed by atoms with Crippen molar-refractivity contribution in [3.05, 3.63) is 18.0 Å². The maximum absolute atomic E-state index is 9.65. The summed E-state index contributed by atoms with van der Waals surface area (Å²) in [5.41, 5.74) is 1.28. The van der Waals surface area contributed by atoms with Gasteiger partial charge in [0.25, 0.3) is 0 Å². The molecule has 1 aromatic heterocycles. The van der Waals surface area contributed by atoms with E-state index in [2.05, 4.69) is 37.4 Å². The Labute approximate surface area is 116 Å². The van der Waals surface area contributed by atoms with Crippen molar-refractivity contribution in [2.75, 3.05) is 6.54 Å². The van der Waals surface area contributed by atoms with E-state index in [9.17, 15) is 5.11 Å². The molecule has 1 saturated carbocycles. The molecule has 1 heterocycles. The van der Waals surface area contributed by atoms with Gasteiger partial charge >= 0.3 is 0 Å². The average Bonchev–Trinajstić information content (AvgIpc) is 2.77. The van der Waals surface area contributed by atoms with Crippen molar-refractivity contribution in [2.45, 2.75) is 64.6 Å². The molecular weight excluding hydrogens is 238 g/mol. The van der Waals surface area contributed by atoms with Crippen LogP contribution in [0.5, 0.6) is 0 Å². The lowest BCUT2D eigenvalue weighted by Gasteiger charge is -2.25. The summed E-state index contributed by atoms with van der Waals surface area (Å²) in [6.07, 6.45) is 8.31. The van der Waals surface area contributed by atoms with E-state index < -0.39 is 0 Å². The van der Waals surface area contributed by atoms with Crippen LogP contribution < -0.4 is 5.32 Å². The number of nitrogens with zero attached hydrogens (tertiary/aromatic N) is 2. The van der Waals surface area contributed by atoms with Crippen LogP contribution in [0.25, 0.3) is 0 Å². The summed E-state index contributed by atoms with van der Waals surface area (Å²) in [5.74, 6) is 0.626. The minimum atomic E-state index is -0.0795. The molecule has 1 aliphatic rings. The highest BCUT2D eigenvalue weighted by molar-refractivity contribution is 5.04. The topological polar surface area (TPSA) is 50.1 Å². The van der Waals surface area contributed by atoms with Gasteiger partial charge in [0.1, 0.15) is 0 Å². The largest absolute Gasteiger partial charge is 0.393 e. The Kier molecular flexibility index (Phi) is 4.63. The van der Waals surface area contributed by atoms with Crippen LogP contribution in [0.4, 0.5) is 0 Å². The summed E-state index contributed by atoms with van der Waals surface area (Å²) in [6, 6.07) is 0. The van der Waals surface area contributed by atoms with Gasteiger partial charge in [0.15, 0.2) is 0 Å². The first-order valence-corrected chi connectivity index (χ1v) is 7.38. The fourth-order valence-electron chi connectivity index (χ4n) is 2.69. The molecule has 0 amide bonds. The predicted octanol–water partition coefficient (Wildman–Crippen LogP) is 2.28. The highest BCUT2D eigenvalue weighted by Crippen LogP contribution is 2.23. The number of nitrogens with one attached hydrogen (secondary N) is 1. The Hall–Kier alpha value is -0.870. The molecule has 1 aromatic rings. The third-order valence-corrected chi connectivity index (χ3v) is 3.84. The fraction of sp³-hybridized carbons (Fsp3) is 0.800. The van der Waals surface area contributed by atoms with Crippen molar-refractivity contribution in [1.82, 2.24) is 15.1 Å². The highest BCUT2D eigenvalue weighted by Gasteiger charge is 2.19. The summed E-state index contributed by atoms with van der Waals surface area (Å²) in [7, 11) is 0. The van der Waals surface area contributed by atoms with Crippen molar-refractivity contribution in [3.63, 3.8) is 0 Å². The van der Waals surface area contributed by atoms with Crippen LogP contribution in [0.1, 0.15) is 52.0 Å². The van der Waals surface area contributed by atoms with Gasteiger partial charge in [-0.25, -0.2) is 0 Å². The highest BCUT2D eigenvalue weighted by atomic mass is 16.3. The second kappa shape index (κ2) is 6.06. The maximum atomic E-state index is 9.65. The van der Waals surface area contributed by atoms with E-state index in [1.807, 2.05) is 10.9 Å². The second-order valence-electron chi connectivity index (χ2n) is 6.78. The van der Waals surface area contributed by atoms with Crippen LogP contribution in [0.2, 0.25) is 0 Å². The Morgan fingerprint density at radius 2 is 2.21 bits per heavy atom. The molecule has 0 spiro atoms. The Bertz CT molecular complexity index is 394. The fourth-order valence-corrected chi connectivity index (χ4v) is 2.69. The minimum Gasteiger partial charge on any atom is -0.393 e. The van der Waals surface area contributed by atoms with Crippen LogP contribution in [0, 0.1) is 5.92 Å². The van der Waals surface area contributed by atoms with Gasteiger partial charge in [0.05, 0.1) is 17.8 Å². The molecule has 19 heavy (non-hydrogen) atoms. The first-order valence-electron chi connectivity index (χ1n) is 7.38. The molecule has 2 unspecified atom stereocenters. The minimum absolute atomic E-state index is 0.0474. The molecule has 0 saturated heterocycles. The van der Waals surface area contributed by atoms with E-state index in [0.29, 0.717) is 5.92 Å². The molecule has 108 valence electrons. The Morgan fingerprint density at radius 1 is 1.42 bits per heavy atom. The number of rotatable bonds is 4. The van der Waals surface area contributed by atoms with E-state index in [1.54, 1.807) is 0 Å². The third-order valence-electron chi connectivity index (χ3n) is 3.84. The van der Waals surface area contributed by atoms with E-state index in [1.165, 1.54) is 12.0 Å². The lowest BCUT2D eigenvalue weighted by atomic mass is 9.87. The van der Waals surface area contributed by atoms with E-state index in [0.717, 1.165) is 32.4 Å². The molecule has 0 aliphatic heterocycles. The second-order valence-corrected chi connectivity index (χ2v) is 6.78. The zero-order valence-electron chi connectivity index (χ0n) is 12.4. The van der Waals surface area contributed by atoms with Gasteiger partial charge in [0, 0.05) is 18.3 Å². The van der Waals surface area contributed by atoms with Gasteiger partial charge in [-0.3, -0.25) is 4.68 Å². The smallest absolute Gasteiger partial charge is 0.0543 e. The molecule has 2 N–H and O–H groups in total. The van der Waals surface area contributed by atoms with Gasteiger partial charge < -0.3 is 10.4 Å². The number of hydrogen-bond donors (Lipinski definition) is 2. The van der Waals surface area contributed by atoms with Crippen molar-refractivity contribution >= 4 is 0 Å². The molecule has 2 atom stereocenters. The zero-order valence-corrected chi connectivity index (χ0v) is 12.4. The zero-order chi connectivity index (χ0) is 13.9. The summed E-state index contributed by atoms with van der Waals surface area (Å²) >= 11 is 0. The van der Waals surface area contributed by atoms with E-state index in [4.69, 9.17) is 0 Å². The van der Waals surface area contributed by atoms with Gasteiger partial charge in [-0.15, -0.1) is 0 Å². The van der Waals surface area contributed by atoms with Crippen LogP contribution in [-0.4, -0.2) is 27.5 Å². The van der Waals surface area contributed by atoms with Crippen LogP contribution in [0.3, 0.4) is 0 Å². The summed E-state index contributed by atoms with van der Waals surface area (Å²) < 4.78 is 2.01. The lowest BCUT2D eigenvalue weighted by Crippen LogP contribution is -2.28. The van der Waals surface area contributed by atoms with Crippen molar-refractivity contribution in [3.8, 4) is 0 Å². The number of aromatic nitrogens is 2. The van der Waals surface area contributed by atoms with Crippen molar-refractivity contribution < 1.29 is 5.11 Å². The van der Waals surface area contributed by atoms with Gasteiger partial charge in [-0.05, 0) is 52.5 Å². The number of aliphatic hydroxyl groups is 1. The molecule has 0 bridgehead atoms. The summed E-state index contributed by atoms with van der Waals surface area (Å²) in [5, 5.41) is 17.5. The molecule has 1 fully saturated rings. The van der Waals surface area contributed by atoms with Crippen LogP contribution >= 0.6 is 0 Å². The SMILES string of the molecule is CC(C)(C)n1cc(CNCC2CCCC(O)C2)cn1. The van der Waals surface area contributed by atoms with Gasteiger partial charge in [0.2, 0.25) is 0 Å². The Balaban J connectivity index is 1.75. The predicted molar refractivity (Wildman–Crippen MR) is 76.9 cm³/mol. The molecule has 0 radical (unpaired) electrons. The summed E-state index contributed by atoms with van der Waals surface area (Å²) in [6.45, 7) is 8.32. The monoisotopic (exact) mass is 265 g/mol. The van der Waals surface area contributed by atoms with E-state index in [-0.39, 0.29) is 11.6 Å². The molecular formula is C15H27N3O. The van der Waals surface area contributed by atoms with Crippen LogP contribution in [-0.2, 0) is 12.1 Å². The molecule has 0 aromatic carbocycles. The first-order chi connectivity index (χ1) is 8.95. The van der Waals surface area contributed by atoms with Gasteiger partial charge in [-0.1, -0.05) is 6.42 Å². The first kappa shape index (κ1) is 14.5. The van der Waals surface area contributed by atoms with Crippen molar-refractivity contribution in [1.29, 1.82) is 0 Å². The standard InChI is InChI=1S/C15H27N3O/c1-15(2,3)18-11-13(10-17-18)9-16-8-12-5-4-6-14(19)7-12/h10-12,14,16,19H,4-9H2,1-3H3. The number of aliphatic hydroxyl groups excluding tert-OH is 1. The normalized spacial score (nSPS) is 24.6. The molecule has 1 aliphatic carbocycles. The molecule has 4 heteroatoms. The third kappa shape index (κ3) is 4.32. The molecule has 4 nitrogen and oxygen atoms in total. The Morgan fingerprint density at radius 3 is 2.84 bits per heavy atom. The molecule has 2 rings (SSSR count). The maximum Gasteiger partial charge on any atom is 0.0543 e. The van der Waals surface area contributed by atoms with Crippen molar-refractivity contribution in [2.24, 2.45) is 5.92 Å². The van der Waals surface area contributed by atoms with Crippen LogP contribution in [0.15, 0.2) is 12.4 Å². The lowest BCUT2D eigenvalue weighted by molar-refractivity contribution is 0.101. The van der Waals surface area contributed by atoms with Gasteiger partial charge in [-0.2, -0.15) is 5.10 Å². The quantitative estimate of drug-likeness (QED) is 0.878. The summed E-state index contributed by atoms with van der Waals surface area (Å²) in [4.78, 5) is 0. The average molecular weight is 265 g/mol. The van der Waals surface area contributed by atoms with E-state index >= 15 is 0 Å².